The van der Waals surface area contributed by atoms with Crippen molar-refractivity contribution in [3.05, 3.63) is 30.3 Å². The monoisotopic (exact) mass is 270 g/mol. The molecule has 0 unspecified atom stereocenters. The van der Waals surface area contributed by atoms with Crippen molar-refractivity contribution >= 4 is 27.2 Å². The lowest BCUT2D eigenvalue weighted by molar-refractivity contribution is 0.944. The number of halogens is 1. The van der Waals surface area contributed by atoms with Crippen LogP contribution in [-0.4, -0.2) is 6.69 Å². The van der Waals surface area contributed by atoms with Crippen LogP contribution in [0.3, 0.4) is 0 Å². The molecular formula is C12H19BrSi. The molecule has 0 aromatic heterocycles. The second-order valence-electron chi connectivity index (χ2n) is 4.44. The van der Waals surface area contributed by atoms with Gasteiger partial charge in [-0.25, -0.2) is 0 Å². The van der Waals surface area contributed by atoms with Crippen LogP contribution in [-0.2, 0) is 0 Å². The van der Waals surface area contributed by atoms with Gasteiger partial charge in [-0.1, -0.05) is 58.0 Å². The van der Waals surface area contributed by atoms with E-state index in [-0.39, 0.29) is 0 Å². The van der Waals surface area contributed by atoms with Crippen molar-refractivity contribution in [1.82, 2.24) is 0 Å². The van der Waals surface area contributed by atoms with E-state index < -0.39 is 6.69 Å². The molecule has 0 radical (unpaired) electrons. The van der Waals surface area contributed by atoms with Crippen LogP contribution >= 0.6 is 15.3 Å². The summed E-state index contributed by atoms with van der Waals surface area (Å²) in [6.07, 6.45) is 0. The average Bonchev–Trinajstić information content (AvgIpc) is 2.17. The summed E-state index contributed by atoms with van der Waals surface area (Å²) in [6, 6.07) is 10.9. The molecule has 0 bridgehead atoms. The van der Waals surface area contributed by atoms with Gasteiger partial charge in [-0.3, -0.25) is 0 Å². The van der Waals surface area contributed by atoms with Gasteiger partial charge in [-0.05, 0) is 16.3 Å². The smallest absolute Gasteiger partial charge is 0.120 e. The van der Waals surface area contributed by atoms with Crippen molar-refractivity contribution in [1.29, 1.82) is 0 Å². The summed E-state index contributed by atoms with van der Waals surface area (Å²) in [5.41, 5.74) is 1.45. The Hall–Kier alpha value is -0.0831. The van der Waals surface area contributed by atoms with E-state index in [0.717, 1.165) is 11.1 Å². The van der Waals surface area contributed by atoms with Gasteiger partial charge in [0.25, 0.3) is 0 Å². The first-order valence-corrected chi connectivity index (χ1v) is 9.65. The van der Waals surface area contributed by atoms with E-state index >= 15 is 0 Å². The lowest BCUT2D eigenvalue weighted by Crippen LogP contribution is -2.47. The highest BCUT2D eigenvalue weighted by Gasteiger charge is 2.38. The van der Waals surface area contributed by atoms with Gasteiger partial charge in [0.1, 0.15) is 0 Å². The van der Waals surface area contributed by atoms with Crippen LogP contribution < -0.4 is 5.19 Å². The van der Waals surface area contributed by atoms with E-state index in [4.69, 9.17) is 0 Å². The SMILES string of the molecule is CC(C)[Si](Br)(c1ccccc1)C(C)C. The highest BCUT2D eigenvalue weighted by Crippen LogP contribution is 2.36. The Labute approximate surface area is 96.3 Å². The van der Waals surface area contributed by atoms with E-state index in [1.165, 1.54) is 5.19 Å². The zero-order valence-corrected chi connectivity index (χ0v) is 12.0. The maximum atomic E-state index is 4.06. The highest BCUT2D eigenvalue weighted by molar-refractivity contribution is 9.26. The van der Waals surface area contributed by atoms with Crippen LogP contribution in [0.4, 0.5) is 0 Å². The van der Waals surface area contributed by atoms with Crippen molar-refractivity contribution in [3.63, 3.8) is 0 Å². The third-order valence-corrected chi connectivity index (χ3v) is 14.3. The van der Waals surface area contributed by atoms with E-state index in [1.54, 1.807) is 0 Å². The normalized spacial score (nSPS) is 12.5. The molecule has 0 fully saturated rings. The van der Waals surface area contributed by atoms with Gasteiger partial charge in [-0.2, -0.15) is 0 Å². The zero-order valence-electron chi connectivity index (χ0n) is 9.42. The molecule has 1 aromatic carbocycles. The van der Waals surface area contributed by atoms with Gasteiger partial charge in [-0.15, -0.1) is 15.3 Å². The quantitative estimate of drug-likeness (QED) is 0.574. The molecule has 0 atom stereocenters. The van der Waals surface area contributed by atoms with Crippen LogP contribution in [0.25, 0.3) is 0 Å². The highest BCUT2D eigenvalue weighted by atomic mass is 79.9. The van der Waals surface area contributed by atoms with Crippen molar-refractivity contribution in [2.45, 2.75) is 38.8 Å². The first-order chi connectivity index (χ1) is 6.49. The summed E-state index contributed by atoms with van der Waals surface area (Å²) in [5.74, 6) is 0. The Morgan fingerprint density at radius 1 is 0.929 bits per heavy atom. The first kappa shape index (κ1) is 12.0. The molecule has 0 aliphatic heterocycles. The number of hydrogen-bond acceptors (Lipinski definition) is 0. The van der Waals surface area contributed by atoms with E-state index in [0.29, 0.717) is 0 Å². The van der Waals surface area contributed by atoms with Crippen molar-refractivity contribution in [2.75, 3.05) is 0 Å². The Bertz CT molecular complexity index is 272. The zero-order chi connectivity index (χ0) is 10.8. The molecule has 1 rings (SSSR count). The van der Waals surface area contributed by atoms with Gasteiger partial charge >= 0.3 is 0 Å². The number of hydrogen-bond donors (Lipinski definition) is 0. The molecule has 78 valence electrons. The number of benzene rings is 1. The standard InChI is InChI=1S/C12H19BrSi/c1-10(2)14(13,11(3)4)12-8-6-5-7-9-12/h5-11H,1-4H3. The fourth-order valence-corrected chi connectivity index (χ4v) is 6.19. The molecule has 2 heteroatoms. The maximum absolute atomic E-state index is 4.06. The molecule has 0 amide bonds. The first-order valence-electron chi connectivity index (χ1n) is 5.24. The van der Waals surface area contributed by atoms with E-state index in [2.05, 4.69) is 73.3 Å². The predicted molar refractivity (Wildman–Crippen MR) is 71.0 cm³/mol. The van der Waals surface area contributed by atoms with Gasteiger partial charge in [0.15, 0.2) is 6.69 Å². The summed E-state index contributed by atoms with van der Waals surface area (Å²) in [6.45, 7) is 7.84. The Morgan fingerprint density at radius 3 is 1.71 bits per heavy atom. The minimum Gasteiger partial charge on any atom is -0.120 e. The predicted octanol–water partition coefficient (Wildman–Crippen LogP) is 4.05. The van der Waals surface area contributed by atoms with Gasteiger partial charge in [0.2, 0.25) is 0 Å². The second kappa shape index (κ2) is 4.62. The minimum atomic E-state index is -1.47. The van der Waals surface area contributed by atoms with Crippen molar-refractivity contribution in [2.24, 2.45) is 0 Å². The van der Waals surface area contributed by atoms with E-state index in [1.807, 2.05) is 0 Å². The molecule has 0 spiro atoms. The third-order valence-electron chi connectivity index (χ3n) is 2.90. The molecule has 0 nitrogen and oxygen atoms in total. The molecular weight excluding hydrogens is 252 g/mol. The lowest BCUT2D eigenvalue weighted by atomic mass is 10.4. The van der Waals surface area contributed by atoms with Gasteiger partial charge in [0, 0.05) is 0 Å². The van der Waals surface area contributed by atoms with Crippen LogP contribution in [0.15, 0.2) is 30.3 Å². The fourth-order valence-electron chi connectivity index (χ4n) is 2.03. The molecule has 0 saturated carbocycles. The largest absolute Gasteiger partial charge is 0.165 e. The molecule has 1 aromatic rings. The molecule has 0 aliphatic rings. The summed E-state index contributed by atoms with van der Waals surface area (Å²) >= 11 is 4.06. The summed E-state index contributed by atoms with van der Waals surface area (Å²) in [7, 11) is 0. The van der Waals surface area contributed by atoms with Crippen LogP contribution in [0.5, 0.6) is 0 Å². The molecule has 14 heavy (non-hydrogen) atoms. The van der Waals surface area contributed by atoms with Crippen LogP contribution in [0.1, 0.15) is 27.7 Å². The maximum Gasteiger partial charge on any atom is 0.165 e. The van der Waals surface area contributed by atoms with E-state index in [9.17, 15) is 0 Å². The summed E-state index contributed by atoms with van der Waals surface area (Å²) < 4.78 is 0. The second-order valence-corrected chi connectivity index (χ2v) is 12.8. The lowest BCUT2D eigenvalue weighted by Gasteiger charge is -2.33. The molecule has 0 N–H and O–H groups in total. The molecule has 0 heterocycles. The van der Waals surface area contributed by atoms with Crippen molar-refractivity contribution in [3.8, 4) is 0 Å². The summed E-state index contributed by atoms with van der Waals surface area (Å²) in [4.78, 5) is 0. The fraction of sp³-hybridized carbons (Fsp3) is 0.500. The Balaban J connectivity index is 3.13. The third kappa shape index (κ3) is 2.11. The topological polar surface area (TPSA) is 0 Å². The minimum absolute atomic E-state index is 0.727. The van der Waals surface area contributed by atoms with Gasteiger partial charge < -0.3 is 0 Å². The Morgan fingerprint density at radius 2 is 1.36 bits per heavy atom. The average molecular weight is 271 g/mol. The summed E-state index contributed by atoms with van der Waals surface area (Å²) in [5, 5.41) is 1.52. The van der Waals surface area contributed by atoms with Crippen LogP contribution in [0.2, 0.25) is 11.1 Å². The van der Waals surface area contributed by atoms with Crippen LogP contribution in [0, 0.1) is 0 Å². The molecule has 0 aliphatic carbocycles. The number of rotatable bonds is 3. The molecule has 0 saturated heterocycles. The Kier molecular flexibility index (Phi) is 3.96. The van der Waals surface area contributed by atoms with Gasteiger partial charge in [0.05, 0.1) is 0 Å². The van der Waals surface area contributed by atoms with Crippen molar-refractivity contribution < 1.29 is 0 Å².